The maximum Gasteiger partial charge on any atom is 0.217 e. The van der Waals surface area contributed by atoms with E-state index in [2.05, 4.69) is 10.2 Å². The van der Waals surface area contributed by atoms with Gasteiger partial charge in [-0.15, -0.1) is 15.0 Å². The van der Waals surface area contributed by atoms with Crippen LogP contribution in [0.5, 0.6) is 0 Å². The lowest BCUT2D eigenvalue weighted by Crippen LogP contribution is -2.06. The molecule has 0 spiro atoms. The van der Waals surface area contributed by atoms with E-state index in [9.17, 15) is 4.79 Å². The number of nitrogens with two attached hydrogens (primary N) is 2. The second-order valence-electron chi connectivity index (χ2n) is 4.79. The van der Waals surface area contributed by atoms with E-state index in [1.807, 2.05) is 30.3 Å². The van der Waals surface area contributed by atoms with E-state index in [0.717, 1.165) is 11.3 Å². The van der Waals surface area contributed by atoms with E-state index in [0.29, 0.717) is 12.1 Å². The van der Waals surface area contributed by atoms with Crippen LogP contribution in [0.4, 0.5) is 5.82 Å². The van der Waals surface area contributed by atoms with E-state index in [4.69, 9.17) is 11.5 Å². The largest absolute Gasteiger partial charge is 0.380 e. The molecule has 0 radical (unpaired) electrons. The molecule has 0 saturated heterocycles. The van der Waals surface area contributed by atoms with Crippen molar-refractivity contribution in [3.05, 3.63) is 71.4 Å². The second kappa shape index (κ2) is 5.79. The predicted octanol–water partition coefficient (Wildman–Crippen LogP) is 1.54. The number of ketones is 1. The Labute approximate surface area is 127 Å². The quantitative estimate of drug-likeness (QED) is 0.711. The van der Waals surface area contributed by atoms with Crippen molar-refractivity contribution in [1.82, 2.24) is 15.0 Å². The zero-order valence-electron chi connectivity index (χ0n) is 11.8. The van der Waals surface area contributed by atoms with Crippen LogP contribution >= 0.6 is 0 Å². The number of carbonyl (C=O) groups is 1. The summed E-state index contributed by atoms with van der Waals surface area (Å²) < 4.78 is 0. The first-order chi connectivity index (χ1) is 10.7. The molecule has 0 aliphatic heterocycles. The molecule has 2 aromatic carbocycles. The highest BCUT2D eigenvalue weighted by Gasteiger charge is 2.18. The molecular formula is C16H15N5O. The summed E-state index contributed by atoms with van der Waals surface area (Å²) in [5.74, 6) is -0.139. The van der Waals surface area contributed by atoms with Crippen molar-refractivity contribution in [2.45, 2.75) is 6.54 Å². The summed E-state index contributed by atoms with van der Waals surface area (Å²) in [7, 11) is 0. The van der Waals surface area contributed by atoms with Crippen LogP contribution in [0.25, 0.3) is 5.69 Å². The lowest BCUT2D eigenvalue weighted by molar-refractivity contribution is 0.103. The zero-order chi connectivity index (χ0) is 15.5. The molecule has 0 amide bonds. The third-order valence-corrected chi connectivity index (χ3v) is 3.29. The monoisotopic (exact) mass is 293 g/mol. The standard InChI is InChI=1S/C16H15N5O/c17-10-11-6-8-13(9-7-11)21-19-14(16(18)20-21)15(22)12-4-2-1-3-5-12/h1-9H,10,17H2,(H2,18,20). The van der Waals surface area contributed by atoms with Crippen molar-refractivity contribution in [3.63, 3.8) is 0 Å². The molecule has 6 heteroatoms. The Morgan fingerprint density at radius 2 is 1.68 bits per heavy atom. The van der Waals surface area contributed by atoms with Crippen LogP contribution in [0.2, 0.25) is 0 Å². The van der Waals surface area contributed by atoms with Gasteiger partial charge in [0.2, 0.25) is 5.78 Å². The first kappa shape index (κ1) is 14.0. The summed E-state index contributed by atoms with van der Waals surface area (Å²) in [6, 6.07) is 16.3. The summed E-state index contributed by atoms with van der Waals surface area (Å²) in [5, 5.41) is 8.33. The van der Waals surface area contributed by atoms with Gasteiger partial charge in [-0.3, -0.25) is 4.79 Å². The molecule has 6 nitrogen and oxygen atoms in total. The summed E-state index contributed by atoms with van der Waals surface area (Å²) in [6.45, 7) is 0.465. The Hall–Kier alpha value is -2.99. The Morgan fingerprint density at radius 1 is 1.00 bits per heavy atom. The summed E-state index contributed by atoms with van der Waals surface area (Å²) in [5.41, 5.74) is 13.8. The highest BCUT2D eigenvalue weighted by Crippen LogP contribution is 2.15. The van der Waals surface area contributed by atoms with Gasteiger partial charge in [0, 0.05) is 12.1 Å². The molecule has 0 atom stereocenters. The van der Waals surface area contributed by atoms with E-state index < -0.39 is 0 Å². The molecule has 0 saturated carbocycles. The molecule has 0 aliphatic carbocycles. The van der Waals surface area contributed by atoms with Crippen LogP contribution < -0.4 is 11.5 Å². The first-order valence-corrected chi connectivity index (χ1v) is 6.81. The Bertz CT molecular complexity index is 793. The molecule has 4 N–H and O–H groups in total. The average Bonchev–Trinajstić information content (AvgIpc) is 2.97. The van der Waals surface area contributed by atoms with Crippen LogP contribution in [0, 0.1) is 0 Å². The number of carbonyl (C=O) groups excluding carboxylic acids is 1. The summed E-state index contributed by atoms with van der Waals surface area (Å²) in [4.78, 5) is 13.8. The van der Waals surface area contributed by atoms with Gasteiger partial charge in [-0.05, 0) is 17.7 Å². The fraction of sp³-hybridized carbons (Fsp3) is 0.0625. The number of hydrogen-bond acceptors (Lipinski definition) is 5. The first-order valence-electron chi connectivity index (χ1n) is 6.81. The molecule has 0 aliphatic rings. The van der Waals surface area contributed by atoms with Gasteiger partial charge in [-0.1, -0.05) is 42.5 Å². The minimum atomic E-state index is -0.247. The van der Waals surface area contributed by atoms with Gasteiger partial charge in [0.15, 0.2) is 11.5 Å². The molecule has 3 aromatic rings. The maximum absolute atomic E-state index is 12.4. The van der Waals surface area contributed by atoms with Gasteiger partial charge >= 0.3 is 0 Å². The van der Waals surface area contributed by atoms with Gasteiger partial charge in [0.1, 0.15) is 0 Å². The maximum atomic E-state index is 12.4. The average molecular weight is 293 g/mol. The fourth-order valence-corrected chi connectivity index (χ4v) is 2.09. The molecule has 0 bridgehead atoms. The van der Waals surface area contributed by atoms with Crippen LogP contribution in [-0.4, -0.2) is 20.8 Å². The Balaban J connectivity index is 1.95. The second-order valence-corrected chi connectivity index (χ2v) is 4.79. The minimum absolute atomic E-state index is 0.108. The van der Waals surface area contributed by atoms with Crippen molar-refractivity contribution in [2.24, 2.45) is 5.73 Å². The minimum Gasteiger partial charge on any atom is -0.380 e. The lowest BCUT2D eigenvalue weighted by atomic mass is 10.1. The van der Waals surface area contributed by atoms with Gasteiger partial charge in [0.25, 0.3) is 0 Å². The van der Waals surface area contributed by atoms with Crippen molar-refractivity contribution >= 4 is 11.6 Å². The molecule has 0 unspecified atom stereocenters. The highest BCUT2D eigenvalue weighted by molar-refractivity contribution is 6.10. The van der Waals surface area contributed by atoms with Crippen molar-refractivity contribution < 1.29 is 4.79 Å². The van der Waals surface area contributed by atoms with Crippen molar-refractivity contribution in [1.29, 1.82) is 0 Å². The zero-order valence-corrected chi connectivity index (χ0v) is 11.8. The topological polar surface area (TPSA) is 99.8 Å². The number of benzene rings is 2. The number of nitrogens with zero attached hydrogens (tertiary/aromatic N) is 3. The molecule has 1 heterocycles. The third kappa shape index (κ3) is 2.59. The number of hydrogen-bond donors (Lipinski definition) is 2. The molecule has 1 aromatic heterocycles. The Kier molecular flexibility index (Phi) is 3.67. The molecular weight excluding hydrogens is 278 g/mol. The summed E-state index contributed by atoms with van der Waals surface area (Å²) >= 11 is 0. The summed E-state index contributed by atoms with van der Waals surface area (Å²) in [6.07, 6.45) is 0. The SMILES string of the molecule is NCc1ccc(-n2nc(N)c(C(=O)c3ccccc3)n2)cc1. The normalized spacial score (nSPS) is 10.6. The molecule has 22 heavy (non-hydrogen) atoms. The van der Waals surface area contributed by atoms with E-state index in [1.165, 1.54) is 4.80 Å². The van der Waals surface area contributed by atoms with E-state index in [-0.39, 0.29) is 17.3 Å². The van der Waals surface area contributed by atoms with Crippen LogP contribution in [0.3, 0.4) is 0 Å². The van der Waals surface area contributed by atoms with Gasteiger partial charge in [-0.2, -0.15) is 0 Å². The van der Waals surface area contributed by atoms with Crippen LogP contribution in [-0.2, 0) is 6.54 Å². The third-order valence-electron chi connectivity index (χ3n) is 3.29. The predicted molar refractivity (Wildman–Crippen MR) is 83.5 cm³/mol. The van der Waals surface area contributed by atoms with E-state index in [1.54, 1.807) is 24.3 Å². The number of rotatable bonds is 4. The van der Waals surface area contributed by atoms with Gasteiger partial charge < -0.3 is 11.5 Å². The van der Waals surface area contributed by atoms with Crippen molar-refractivity contribution in [2.75, 3.05) is 5.73 Å². The van der Waals surface area contributed by atoms with Crippen LogP contribution in [0.1, 0.15) is 21.6 Å². The lowest BCUT2D eigenvalue weighted by Gasteiger charge is -2.00. The van der Waals surface area contributed by atoms with Gasteiger partial charge in [-0.25, -0.2) is 0 Å². The van der Waals surface area contributed by atoms with Crippen molar-refractivity contribution in [3.8, 4) is 5.69 Å². The molecule has 0 fully saturated rings. The van der Waals surface area contributed by atoms with E-state index >= 15 is 0 Å². The fourth-order valence-electron chi connectivity index (χ4n) is 2.09. The number of aromatic nitrogens is 3. The number of nitrogen functional groups attached to an aromatic ring is 1. The Morgan fingerprint density at radius 3 is 2.32 bits per heavy atom. The number of anilines is 1. The van der Waals surface area contributed by atoms with Crippen LogP contribution in [0.15, 0.2) is 54.6 Å². The smallest absolute Gasteiger partial charge is 0.217 e. The van der Waals surface area contributed by atoms with Gasteiger partial charge in [0.05, 0.1) is 5.69 Å². The molecule has 110 valence electrons. The molecule has 3 rings (SSSR count). The highest BCUT2D eigenvalue weighted by atomic mass is 16.1.